The Balaban J connectivity index is 1.74. The fourth-order valence-electron chi connectivity index (χ4n) is 2.14. The van der Waals surface area contributed by atoms with Crippen molar-refractivity contribution < 1.29 is 9.53 Å². The smallest absolute Gasteiger partial charge is 0.264 e. The van der Waals surface area contributed by atoms with E-state index in [9.17, 15) is 4.79 Å². The largest absolute Gasteiger partial charge is 0.482 e. The molecule has 0 saturated carbocycles. The molecule has 1 aromatic carbocycles. The molecule has 0 radical (unpaired) electrons. The molecule has 2 heterocycles. The highest BCUT2D eigenvalue weighted by atomic mass is 16.5. The Kier molecular flexibility index (Phi) is 2.83. The van der Waals surface area contributed by atoms with Gasteiger partial charge in [-0.25, -0.2) is 0 Å². The van der Waals surface area contributed by atoms with Crippen molar-refractivity contribution in [1.29, 1.82) is 0 Å². The summed E-state index contributed by atoms with van der Waals surface area (Å²) in [6, 6.07) is 5.88. The van der Waals surface area contributed by atoms with Gasteiger partial charge in [0.05, 0.1) is 5.69 Å². The summed E-state index contributed by atoms with van der Waals surface area (Å²) >= 11 is 0. The Morgan fingerprint density at radius 3 is 3.06 bits per heavy atom. The summed E-state index contributed by atoms with van der Waals surface area (Å²) in [7, 11) is 1.78. The third kappa shape index (κ3) is 2.01. The number of hydrogen-bond acceptors (Lipinski definition) is 4. The van der Waals surface area contributed by atoms with E-state index >= 15 is 0 Å². The van der Waals surface area contributed by atoms with E-state index in [4.69, 9.17) is 4.74 Å². The molecule has 96 valence electrons. The van der Waals surface area contributed by atoms with Crippen LogP contribution in [0.25, 0.3) is 0 Å². The van der Waals surface area contributed by atoms with Crippen LogP contribution in [-0.4, -0.2) is 39.2 Å². The molecule has 1 fully saturated rings. The van der Waals surface area contributed by atoms with Crippen LogP contribution in [-0.2, 0) is 4.79 Å². The lowest BCUT2D eigenvalue weighted by Crippen LogP contribution is -2.45. The van der Waals surface area contributed by atoms with Crippen molar-refractivity contribution in [2.45, 2.75) is 0 Å². The highest BCUT2D eigenvalue weighted by Gasteiger charge is 2.22. The summed E-state index contributed by atoms with van der Waals surface area (Å²) in [6.45, 7) is 3.26. The first-order valence-corrected chi connectivity index (χ1v) is 6.22. The maximum Gasteiger partial charge on any atom is 0.264 e. The molecule has 0 atom stereocenters. The van der Waals surface area contributed by atoms with Crippen LogP contribution >= 0.6 is 0 Å². The van der Waals surface area contributed by atoms with Gasteiger partial charge in [-0.05, 0) is 18.2 Å². The molecule has 1 saturated heterocycles. The average Bonchev–Trinajstić information content (AvgIpc) is 2.32. The molecule has 0 spiro atoms. The number of rotatable bonds is 3. The van der Waals surface area contributed by atoms with Crippen molar-refractivity contribution in [1.82, 2.24) is 5.32 Å². The van der Waals surface area contributed by atoms with Crippen molar-refractivity contribution >= 4 is 17.3 Å². The molecule has 0 unspecified atom stereocenters. The Morgan fingerprint density at radius 2 is 2.33 bits per heavy atom. The quantitative estimate of drug-likeness (QED) is 0.824. The second-order valence-electron chi connectivity index (χ2n) is 4.83. The van der Waals surface area contributed by atoms with Crippen LogP contribution in [0.1, 0.15) is 0 Å². The van der Waals surface area contributed by atoms with Crippen molar-refractivity contribution in [3.8, 4) is 5.75 Å². The van der Waals surface area contributed by atoms with E-state index in [2.05, 4.69) is 10.6 Å². The van der Waals surface area contributed by atoms with Crippen molar-refractivity contribution in [2.75, 3.05) is 43.5 Å². The van der Waals surface area contributed by atoms with Gasteiger partial charge >= 0.3 is 0 Å². The van der Waals surface area contributed by atoms with Gasteiger partial charge in [0, 0.05) is 38.3 Å². The summed E-state index contributed by atoms with van der Waals surface area (Å²) in [5.74, 6) is 1.47. The maximum atomic E-state index is 11.6. The minimum absolute atomic E-state index is 0.0113. The molecule has 0 aromatic heterocycles. The van der Waals surface area contributed by atoms with Gasteiger partial charge in [0.1, 0.15) is 5.75 Å². The topological polar surface area (TPSA) is 53.6 Å². The summed E-state index contributed by atoms with van der Waals surface area (Å²) in [5, 5.41) is 6.65. The van der Waals surface area contributed by atoms with Crippen LogP contribution in [0.15, 0.2) is 18.2 Å². The van der Waals surface area contributed by atoms with Gasteiger partial charge in [0.15, 0.2) is 6.61 Å². The molecule has 2 aliphatic rings. The van der Waals surface area contributed by atoms with E-state index in [1.54, 1.807) is 11.9 Å². The lowest BCUT2D eigenvalue weighted by Gasteiger charge is -2.29. The number of nitrogens with zero attached hydrogens (tertiary/aromatic N) is 1. The molecule has 5 nitrogen and oxygen atoms in total. The standard InChI is InChI=1S/C13H17N3O2/c1-16-11-4-10(15-7-9-5-14-6-9)2-3-12(11)18-8-13(16)17/h2-4,9,14-15H,5-8H2,1H3. The molecule has 5 heteroatoms. The zero-order valence-corrected chi connectivity index (χ0v) is 10.4. The Morgan fingerprint density at radius 1 is 1.50 bits per heavy atom. The summed E-state index contributed by atoms with van der Waals surface area (Å²) in [5.41, 5.74) is 1.87. The minimum atomic E-state index is -0.0113. The lowest BCUT2D eigenvalue weighted by atomic mass is 10.0. The Bertz CT molecular complexity index is 471. The summed E-state index contributed by atoms with van der Waals surface area (Å²) < 4.78 is 5.39. The molecular formula is C13H17N3O2. The number of likely N-dealkylation sites (N-methyl/N-ethyl adjacent to an activating group) is 1. The predicted octanol–water partition coefficient (Wildman–Crippen LogP) is 0.673. The normalized spacial score (nSPS) is 18.9. The fourth-order valence-corrected chi connectivity index (χ4v) is 2.14. The van der Waals surface area contributed by atoms with Crippen LogP contribution in [0.5, 0.6) is 5.75 Å². The van der Waals surface area contributed by atoms with Gasteiger partial charge in [-0.2, -0.15) is 0 Å². The Labute approximate surface area is 106 Å². The van der Waals surface area contributed by atoms with Crippen LogP contribution in [0.2, 0.25) is 0 Å². The van der Waals surface area contributed by atoms with Crippen LogP contribution in [0, 0.1) is 5.92 Å². The number of carbonyl (C=O) groups excluding carboxylic acids is 1. The molecule has 2 aliphatic heterocycles. The molecule has 3 rings (SSSR count). The number of fused-ring (bicyclic) bond motifs is 1. The van der Waals surface area contributed by atoms with Crippen LogP contribution in [0.3, 0.4) is 0 Å². The van der Waals surface area contributed by atoms with Gasteiger partial charge in [0.2, 0.25) is 0 Å². The molecule has 1 aromatic rings. The second kappa shape index (κ2) is 4.49. The predicted molar refractivity (Wildman–Crippen MR) is 70.2 cm³/mol. The first-order valence-electron chi connectivity index (χ1n) is 6.22. The van der Waals surface area contributed by atoms with Gasteiger partial charge in [-0.3, -0.25) is 4.79 Å². The number of amides is 1. The molecule has 1 amide bonds. The third-order valence-corrected chi connectivity index (χ3v) is 3.51. The zero-order valence-electron chi connectivity index (χ0n) is 10.4. The van der Waals surface area contributed by atoms with Crippen molar-refractivity contribution in [3.05, 3.63) is 18.2 Å². The first kappa shape index (κ1) is 11.3. The van der Waals surface area contributed by atoms with Gasteiger partial charge in [-0.1, -0.05) is 0 Å². The highest BCUT2D eigenvalue weighted by molar-refractivity contribution is 5.97. The number of carbonyl (C=O) groups is 1. The van der Waals surface area contributed by atoms with Gasteiger partial charge in [0.25, 0.3) is 5.91 Å². The van der Waals surface area contributed by atoms with Crippen molar-refractivity contribution in [3.63, 3.8) is 0 Å². The highest BCUT2D eigenvalue weighted by Crippen LogP contribution is 2.33. The van der Waals surface area contributed by atoms with E-state index < -0.39 is 0 Å². The van der Waals surface area contributed by atoms with Gasteiger partial charge < -0.3 is 20.3 Å². The van der Waals surface area contributed by atoms with E-state index in [0.717, 1.165) is 36.8 Å². The average molecular weight is 247 g/mol. The van der Waals surface area contributed by atoms with E-state index in [1.807, 2.05) is 18.2 Å². The molecule has 18 heavy (non-hydrogen) atoms. The van der Waals surface area contributed by atoms with E-state index in [0.29, 0.717) is 5.92 Å². The van der Waals surface area contributed by atoms with Crippen molar-refractivity contribution in [2.24, 2.45) is 5.92 Å². The number of nitrogens with one attached hydrogen (secondary N) is 2. The second-order valence-corrected chi connectivity index (χ2v) is 4.83. The monoisotopic (exact) mass is 247 g/mol. The summed E-state index contributed by atoms with van der Waals surface area (Å²) in [4.78, 5) is 13.2. The lowest BCUT2D eigenvalue weighted by molar-refractivity contribution is -0.120. The van der Waals surface area contributed by atoms with E-state index in [1.165, 1.54) is 0 Å². The first-order chi connectivity index (χ1) is 8.74. The Hall–Kier alpha value is -1.75. The molecule has 0 bridgehead atoms. The minimum Gasteiger partial charge on any atom is -0.482 e. The van der Waals surface area contributed by atoms with Crippen LogP contribution in [0.4, 0.5) is 11.4 Å². The SMILES string of the molecule is CN1C(=O)COc2ccc(NCC3CNC3)cc21. The molecule has 0 aliphatic carbocycles. The third-order valence-electron chi connectivity index (χ3n) is 3.51. The number of hydrogen-bond donors (Lipinski definition) is 2. The zero-order chi connectivity index (χ0) is 12.5. The fraction of sp³-hybridized carbons (Fsp3) is 0.462. The van der Waals surface area contributed by atoms with Crippen LogP contribution < -0.4 is 20.3 Å². The van der Waals surface area contributed by atoms with E-state index in [-0.39, 0.29) is 12.5 Å². The number of benzene rings is 1. The number of ether oxygens (including phenoxy) is 1. The molecular weight excluding hydrogens is 230 g/mol. The maximum absolute atomic E-state index is 11.6. The van der Waals surface area contributed by atoms with Gasteiger partial charge in [-0.15, -0.1) is 0 Å². The molecule has 2 N–H and O–H groups in total. The summed E-state index contributed by atoms with van der Waals surface area (Å²) in [6.07, 6.45) is 0. The number of anilines is 2.